The largest absolute Gasteiger partial charge is 0.352 e. The fraction of sp³-hybridized carbons (Fsp3) is 0.857. The van der Waals surface area contributed by atoms with E-state index in [1.54, 1.807) is 0 Å². The summed E-state index contributed by atoms with van der Waals surface area (Å²) in [5, 5.41) is 1.01. The monoisotopic (exact) mass is 353 g/mol. The number of nitrogens with zero attached hydrogens (tertiary/aromatic N) is 2. The topological polar surface area (TPSA) is 6.48 Å². The number of hydrogen-bond donors (Lipinski definition) is 0. The molecule has 0 aromatic carbocycles. The zero-order valence-electron chi connectivity index (χ0n) is 6.95. The van der Waals surface area contributed by atoms with Crippen molar-refractivity contribution in [2.24, 2.45) is 0 Å². The van der Waals surface area contributed by atoms with Crippen molar-refractivity contribution in [3.8, 4) is 0 Å². The van der Waals surface area contributed by atoms with Gasteiger partial charge in [0.15, 0.2) is 5.11 Å². The minimum absolute atomic E-state index is 0. The second-order valence-corrected chi connectivity index (χ2v) is 3.00. The molecule has 0 amide bonds. The SMILES string of the molecule is CCN1CCCN(C)C1=S.[Pt]. The predicted octanol–water partition coefficient (Wildman–Crippen LogP) is 0.926. The summed E-state index contributed by atoms with van der Waals surface area (Å²) in [5.74, 6) is 0. The van der Waals surface area contributed by atoms with E-state index in [2.05, 4.69) is 23.8 Å². The third-order valence-corrected chi connectivity index (χ3v) is 2.47. The van der Waals surface area contributed by atoms with Gasteiger partial charge in [-0.2, -0.15) is 0 Å². The maximum absolute atomic E-state index is 5.20. The van der Waals surface area contributed by atoms with Crippen molar-refractivity contribution in [2.45, 2.75) is 13.3 Å². The summed E-state index contributed by atoms with van der Waals surface area (Å²) in [7, 11) is 2.06. The van der Waals surface area contributed by atoms with Crippen LogP contribution in [0.2, 0.25) is 0 Å². The first-order chi connectivity index (χ1) is 4.75. The van der Waals surface area contributed by atoms with Gasteiger partial charge in [0.05, 0.1) is 0 Å². The van der Waals surface area contributed by atoms with E-state index in [4.69, 9.17) is 12.2 Å². The van der Waals surface area contributed by atoms with Crippen LogP contribution >= 0.6 is 12.2 Å². The van der Waals surface area contributed by atoms with Gasteiger partial charge in [-0.05, 0) is 25.6 Å². The Kier molecular flexibility index (Phi) is 5.28. The summed E-state index contributed by atoms with van der Waals surface area (Å²) in [6, 6.07) is 0. The van der Waals surface area contributed by atoms with E-state index in [0.29, 0.717) is 0 Å². The first kappa shape index (κ1) is 11.4. The predicted molar refractivity (Wildman–Crippen MR) is 47.1 cm³/mol. The van der Waals surface area contributed by atoms with Crippen LogP contribution in [0.25, 0.3) is 0 Å². The standard InChI is InChI=1S/C7H14N2S.Pt/c1-3-9-6-4-5-8(2)7(9)10;/h3-6H2,1-2H3;. The molecule has 1 fully saturated rings. The van der Waals surface area contributed by atoms with Gasteiger partial charge in [0.25, 0.3) is 0 Å². The normalized spacial score (nSPS) is 18.2. The van der Waals surface area contributed by atoms with Gasteiger partial charge in [-0.25, -0.2) is 0 Å². The first-order valence-electron chi connectivity index (χ1n) is 3.75. The second kappa shape index (κ2) is 5.10. The van der Waals surface area contributed by atoms with Gasteiger partial charge in [-0.15, -0.1) is 0 Å². The summed E-state index contributed by atoms with van der Waals surface area (Å²) in [4.78, 5) is 4.38. The fourth-order valence-electron chi connectivity index (χ4n) is 1.22. The van der Waals surface area contributed by atoms with E-state index >= 15 is 0 Å². The van der Waals surface area contributed by atoms with Gasteiger partial charge in [-0.3, -0.25) is 0 Å². The molecule has 68 valence electrons. The van der Waals surface area contributed by atoms with Crippen LogP contribution in [0.3, 0.4) is 0 Å². The van der Waals surface area contributed by atoms with Crippen LogP contribution in [0.15, 0.2) is 0 Å². The maximum atomic E-state index is 5.20. The Labute approximate surface area is 88.2 Å². The van der Waals surface area contributed by atoms with E-state index < -0.39 is 0 Å². The Bertz CT molecular complexity index is 140. The van der Waals surface area contributed by atoms with E-state index in [9.17, 15) is 0 Å². The summed E-state index contributed by atoms with van der Waals surface area (Å²) in [6.07, 6.45) is 1.24. The van der Waals surface area contributed by atoms with Crippen molar-refractivity contribution in [2.75, 3.05) is 26.7 Å². The van der Waals surface area contributed by atoms with Crippen LogP contribution in [-0.4, -0.2) is 41.6 Å². The zero-order valence-corrected chi connectivity index (χ0v) is 10.0. The van der Waals surface area contributed by atoms with Crippen LogP contribution in [0, 0.1) is 0 Å². The minimum atomic E-state index is 0. The van der Waals surface area contributed by atoms with E-state index in [1.165, 1.54) is 6.42 Å². The Balaban J connectivity index is 0.000001000. The molecule has 0 saturated carbocycles. The van der Waals surface area contributed by atoms with Gasteiger partial charge in [-0.1, -0.05) is 0 Å². The minimum Gasteiger partial charge on any atom is -0.352 e. The number of hydrogen-bond acceptors (Lipinski definition) is 1. The van der Waals surface area contributed by atoms with Crippen molar-refractivity contribution in [3.05, 3.63) is 0 Å². The Morgan fingerprint density at radius 1 is 1.45 bits per heavy atom. The molecule has 0 N–H and O–H groups in total. The van der Waals surface area contributed by atoms with Crippen LogP contribution in [0.1, 0.15) is 13.3 Å². The Morgan fingerprint density at radius 3 is 2.55 bits per heavy atom. The Morgan fingerprint density at radius 2 is 2.09 bits per heavy atom. The molecule has 0 atom stereocenters. The summed E-state index contributed by atoms with van der Waals surface area (Å²) in [5.41, 5.74) is 0. The van der Waals surface area contributed by atoms with Crippen LogP contribution in [-0.2, 0) is 21.1 Å². The van der Waals surface area contributed by atoms with Crippen molar-refractivity contribution in [3.63, 3.8) is 0 Å². The molecule has 1 saturated heterocycles. The average molecular weight is 353 g/mol. The van der Waals surface area contributed by atoms with Gasteiger partial charge in [0.2, 0.25) is 0 Å². The van der Waals surface area contributed by atoms with Crippen LogP contribution in [0.5, 0.6) is 0 Å². The molecule has 4 heteroatoms. The molecule has 0 spiro atoms. The van der Waals surface area contributed by atoms with Gasteiger partial charge in [0.1, 0.15) is 0 Å². The number of rotatable bonds is 1. The third-order valence-electron chi connectivity index (χ3n) is 1.90. The van der Waals surface area contributed by atoms with Crippen molar-refractivity contribution >= 4 is 17.3 Å². The molecule has 1 aliphatic rings. The summed E-state index contributed by atoms with van der Waals surface area (Å²) < 4.78 is 0. The average Bonchev–Trinajstić information content (AvgIpc) is 1.95. The molecule has 1 rings (SSSR count). The molecule has 0 radical (unpaired) electrons. The van der Waals surface area contributed by atoms with E-state index in [-0.39, 0.29) is 21.1 Å². The Hall–Kier alpha value is 0.378. The first-order valence-corrected chi connectivity index (χ1v) is 4.16. The molecule has 0 aromatic rings. The zero-order chi connectivity index (χ0) is 7.56. The van der Waals surface area contributed by atoms with Gasteiger partial charge >= 0.3 is 0 Å². The van der Waals surface area contributed by atoms with Crippen LogP contribution in [0.4, 0.5) is 0 Å². The van der Waals surface area contributed by atoms with Crippen molar-refractivity contribution in [1.29, 1.82) is 0 Å². The summed E-state index contributed by atoms with van der Waals surface area (Å²) in [6.45, 7) is 5.45. The smallest absolute Gasteiger partial charge is 0.171 e. The van der Waals surface area contributed by atoms with Gasteiger partial charge in [0, 0.05) is 47.7 Å². The molecular weight excluding hydrogens is 339 g/mol. The number of thiocarbonyl (C=S) groups is 1. The molecule has 1 aliphatic heterocycles. The molecule has 0 aromatic heterocycles. The molecule has 0 aliphatic carbocycles. The molecular formula is C7H14N2PtS. The molecule has 11 heavy (non-hydrogen) atoms. The molecule has 0 bridgehead atoms. The maximum Gasteiger partial charge on any atom is 0.171 e. The van der Waals surface area contributed by atoms with Crippen LogP contribution < -0.4 is 0 Å². The van der Waals surface area contributed by atoms with E-state index in [1.807, 2.05) is 0 Å². The molecule has 1 heterocycles. The third kappa shape index (κ3) is 2.72. The van der Waals surface area contributed by atoms with E-state index in [0.717, 1.165) is 24.7 Å². The molecule has 0 unspecified atom stereocenters. The van der Waals surface area contributed by atoms with Gasteiger partial charge < -0.3 is 9.80 Å². The second-order valence-electron chi connectivity index (χ2n) is 2.64. The fourth-order valence-corrected chi connectivity index (χ4v) is 1.54. The van der Waals surface area contributed by atoms with Crippen molar-refractivity contribution in [1.82, 2.24) is 9.80 Å². The quantitative estimate of drug-likeness (QED) is 0.648. The van der Waals surface area contributed by atoms with Crippen molar-refractivity contribution < 1.29 is 21.1 Å². The summed E-state index contributed by atoms with van der Waals surface area (Å²) >= 11 is 5.20. The molecule has 2 nitrogen and oxygen atoms in total.